The van der Waals surface area contributed by atoms with Crippen LogP contribution in [0.3, 0.4) is 0 Å². The van der Waals surface area contributed by atoms with Crippen LogP contribution in [0.2, 0.25) is 0 Å². The summed E-state index contributed by atoms with van der Waals surface area (Å²) < 4.78 is 34.2. The lowest BCUT2D eigenvalue weighted by atomic mass is 9.77. The van der Waals surface area contributed by atoms with Gasteiger partial charge in [0.25, 0.3) is 0 Å². The molecule has 6 nitrogen and oxygen atoms in total. The Morgan fingerprint density at radius 3 is 1.59 bits per heavy atom. The lowest BCUT2D eigenvalue weighted by Crippen LogP contribution is -2.72. The summed E-state index contributed by atoms with van der Waals surface area (Å²) in [5.41, 5.74) is -1.13. The molecule has 0 aliphatic carbocycles. The van der Waals surface area contributed by atoms with Gasteiger partial charge in [-0.2, -0.15) is 8.42 Å². The van der Waals surface area contributed by atoms with Crippen molar-refractivity contribution < 1.29 is 27.4 Å². The molecule has 0 rings (SSSR count). The van der Waals surface area contributed by atoms with Crippen LogP contribution in [0.4, 0.5) is 0 Å². The second-order valence-corrected chi connectivity index (χ2v) is 12.2. The molecule has 0 heterocycles. The van der Waals surface area contributed by atoms with Gasteiger partial charge in [0.1, 0.15) is 0 Å². The largest absolute Gasteiger partial charge is 0.476 e. The first-order chi connectivity index (χ1) is 14.8. The molecule has 0 radical (unpaired) electrons. The number of nitrogens with zero attached hydrogens (tertiary/aromatic N) is 1. The molecule has 0 saturated heterocycles. The lowest BCUT2D eigenvalue weighted by Gasteiger charge is -2.48. The Morgan fingerprint density at radius 1 is 0.812 bits per heavy atom. The number of carboxylic acids is 1. The SMILES string of the molecule is CCCCCCCC/C=C\CCCCCCCC(C)(C)C(C(=O)O)([N+](C)(C)C)S(=O)(=O)O. The van der Waals surface area contributed by atoms with Crippen molar-refractivity contribution in [2.45, 2.75) is 116 Å². The molecule has 0 aromatic heterocycles. The number of carbonyl (C=O) groups is 1. The number of rotatable bonds is 19. The van der Waals surface area contributed by atoms with Gasteiger partial charge in [-0.15, -0.1) is 0 Å². The standard InChI is InChI=1S/C25H49NO5S/c1-7-8-9-10-11-12-13-14-15-16-17-18-19-20-21-22-24(2,3)25(23(27)28,26(4,5)6)32(29,30)31/h14-15H,7-13,16-22H2,1-6H3,(H-,27,28,29,30,31)/p+1/b15-14-. The molecule has 0 aliphatic heterocycles. The summed E-state index contributed by atoms with van der Waals surface area (Å²) in [7, 11) is -0.336. The van der Waals surface area contributed by atoms with Gasteiger partial charge in [-0.25, -0.2) is 4.79 Å². The highest BCUT2D eigenvalue weighted by atomic mass is 32.2. The fourth-order valence-electron chi connectivity index (χ4n) is 5.10. The van der Waals surface area contributed by atoms with Gasteiger partial charge in [0.2, 0.25) is 0 Å². The van der Waals surface area contributed by atoms with Gasteiger partial charge in [0.15, 0.2) is 0 Å². The Labute approximate surface area is 197 Å². The highest BCUT2D eigenvalue weighted by molar-refractivity contribution is 7.87. The molecule has 0 fully saturated rings. The van der Waals surface area contributed by atoms with E-state index in [1.54, 1.807) is 13.8 Å². The van der Waals surface area contributed by atoms with Crippen molar-refractivity contribution in [1.82, 2.24) is 0 Å². The molecule has 2 N–H and O–H groups in total. The molecule has 0 spiro atoms. The van der Waals surface area contributed by atoms with Gasteiger partial charge in [-0.3, -0.25) is 4.55 Å². The molecule has 1 unspecified atom stereocenters. The van der Waals surface area contributed by atoms with Crippen LogP contribution in [0, 0.1) is 5.41 Å². The number of quaternary nitrogens is 1. The van der Waals surface area contributed by atoms with Crippen LogP contribution in [0.1, 0.15) is 111 Å². The number of allylic oxidation sites excluding steroid dienone is 2. The maximum atomic E-state index is 12.3. The molecule has 1 atom stereocenters. The normalized spacial score (nSPS) is 15.2. The maximum absolute atomic E-state index is 12.3. The molecular weight excluding hydrogens is 426 g/mol. The van der Waals surface area contributed by atoms with Crippen LogP contribution in [0.15, 0.2) is 12.2 Å². The molecule has 7 heteroatoms. The van der Waals surface area contributed by atoms with Gasteiger partial charge in [-0.1, -0.05) is 90.7 Å². The maximum Gasteiger partial charge on any atom is 0.385 e. The minimum atomic E-state index is -4.85. The number of hydrogen-bond acceptors (Lipinski definition) is 3. The van der Waals surface area contributed by atoms with E-state index in [0.717, 1.165) is 38.5 Å². The summed E-state index contributed by atoms with van der Waals surface area (Å²) in [5, 5.41) is 9.89. The van der Waals surface area contributed by atoms with Crippen LogP contribution < -0.4 is 0 Å². The first kappa shape index (κ1) is 31.1. The van der Waals surface area contributed by atoms with E-state index < -0.39 is 30.9 Å². The van der Waals surface area contributed by atoms with Crippen LogP contribution in [0.25, 0.3) is 0 Å². The first-order valence-corrected chi connectivity index (χ1v) is 13.9. The Kier molecular flexibility index (Phi) is 14.0. The van der Waals surface area contributed by atoms with E-state index in [9.17, 15) is 22.9 Å². The van der Waals surface area contributed by atoms with Crippen molar-refractivity contribution in [1.29, 1.82) is 0 Å². The number of likely N-dealkylation sites (N-methyl/N-ethyl adjacent to an activating group) is 1. The average molecular weight is 477 g/mol. The van der Waals surface area contributed by atoms with Crippen LogP contribution in [-0.2, 0) is 14.9 Å². The summed E-state index contributed by atoms with van der Waals surface area (Å²) in [6, 6.07) is 0. The van der Waals surface area contributed by atoms with Crippen molar-refractivity contribution in [2.24, 2.45) is 5.41 Å². The van der Waals surface area contributed by atoms with Crippen molar-refractivity contribution >= 4 is 16.1 Å². The van der Waals surface area contributed by atoms with E-state index in [0.29, 0.717) is 6.42 Å². The Morgan fingerprint density at radius 2 is 1.22 bits per heavy atom. The summed E-state index contributed by atoms with van der Waals surface area (Å²) in [5.74, 6) is -1.51. The van der Waals surface area contributed by atoms with Gasteiger partial charge >= 0.3 is 21.0 Å². The number of hydrogen-bond donors (Lipinski definition) is 2. The summed E-state index contributed by atoms with van der Waals surface area (Å²) in [6.45, 7) is 5.50. The topological polar surface area (TPSA) is 91.7 Å². The highest BCUT2D eigenvalue weighted by Crippen LogP contribution is 2.46. The molecule has 190 valence electrons. The molecule has 0 amide bonds. The van der Waals surface area contributed by atoms with Gasteiger partial charge in [0, 0.05) is 5.41 Å². The van der Waals surface area contributed by atoms with E-state index in [4.69, 9.17) is 0 Å². The predicted molar refractivity (Wildman–Crippen MR) is 133 cm³/mol. The second kappa shape index (κ2) is 14.4. The van der Waals surface area contributed by atoms with E-state index >= 15 is 0 Å². The number of carboxylic acid groups (broad SMARTS) is 1. The predicted octanol–water partition coefficient (Wildman–Crippen LogP) is 6.43. The third kappa shape index (κ3) is 9.14. The quantitative estimate of drug-likeness (QED) is 0.0970. The average Bonchev–Trinajstić information content (AvgIpc) is 2.62. The number of unbranched alkanes of at least 4 members (excludes halogenated alkanes) is 11. The van der Waals surface area contributed by atoms with Crippen molar-refractivity contribution in [3.05, 3.63) is 12.2 Å². The zero-order valence-corrected chi connectivity index (χ0v) is 22.3. The molecular formula is C25H50NO5S+. The summed E-state index contributed by atoms with van der Waals surface area (Å²) >= 11 is 0. The molecule has 0 saturated carbocycles. The van der Waals surface area contributed by atoms with Crippen LogP contribution in [-0.4, -0.2) is 54.5 Å². The molecule has 0 aromatic rings. The van der Waals surface area contributed by atoms with Gasteiger partial charge in [-0.05, 0) is 32.1 Å². The molecule has 32 heavy (non-hydrogen) atoms. The van der Waals surface area contributed by atoms with E-state index in [2.05, 4.69) is 19.1 Å². The molecule has 0 aliphatic rings. The van der Waals surface area contributed by atoms with E-state index in [-0.39, 0.29) is 0 Å². The van der Waals surface area contributed by atoms with Gasteiger partial charge in [0.05, 0.1) is 21.1 Å². The van der Waals surface area contributed by atoms with Gasteiger partial charge < -0.3 is 9.59 Å². The third-order valence-electron chi connectivity index (χ3n) is 6.59. The fraction of sp³-hybridized carbons (Fsp3) is 0.880. The zero-order chi connectivity index (χ0) is 24.9. The Bertz CT molecular complexity index is 664. The van der Waals surface area contributed by atoms with Crippen LogP contribution in [0.5, 0.6) is 0 Å². The van der Waals surface area contributed by atoms with E-state index in [1.807, 2.05) is 0 Å². The summed E-state index contributed by atoms with van der Waals surface area (Å²) in [4.78, 5) is 9.84. The van der Waals surface area contributed by atoms with Crippen LogP contribution >= 0.6 is 0 Å². The first-order valence-electron chi connectivity index (χ1n) is 12.4. The van der Waals surface area contributed by atoms with Crippen molar-refractivity contribution in [2.75, 3.05) is 21.1 Å². The second-order valence-electron chi connectivity index (χ2n) is 10.7. The fourth-order valence-corrected chi connectivity index (χ4v) is 6.81. The number of aliphatic carboxylic acids is 1. The third-order valence-corrected chi connectivity index (χ3v) is 8.61. The summed E-state index contributed by atoms with van der Waals surface area (Å²) in [6.07, 6.45) is 20.2. The minimum Gasteiger partial charge on any atom is -0.476 e. The minimum absolute atomic E-state index is 0.404. The highest BCUT2D eigenvalue weighted by Gasteiger charge is 2.70. The Balaban J connectivity index is 4.34. The zero-order valence-electron chi connectivity index (χ0n) is 21.5. The lowest BCUT2D eigenvalue weighted by molar-refractivity contribution is -0.906. The molecule has 0 bridgehead atoms. The van der Waals surface area contributed by atoms with Crippen molar-refractivity contribution in [3.63, 3.8) is 0 Å². The smallest absolute Gasteiger partial charge is 0.385 e. The monoisotopic (exact) mass is 476 g/mol. The van der Waals surface area contributed by atoms with Crippen molar-refractivity contribution in [3.8, 4) is 0 Å². The molecule has 0 aromatic carbocycles. The van der Waals surface area contributed by atoms with E-state index in [1.165, 1.54) is 66.1 Å². The Hall–Kier alpha value is -0.920.